The maximum atomic E-state index is 12.7. The number of hydrogen-bond acceptors (Lipinski definition) is 6. The first kappa shape index (κ1) is 17.7. The van der Waals surface area contributed by atoms with Crippen LogP contribution in [0.2, 0.25) is 0 Å². The first-order valence-corrected chi connectivity index (χ1v) is 8.10. The normalized spacial score (nSPS) is 16.7. The summed E-state index contributed by atoms with van der Waals surface area (Å²) in [7, 11) is 0. The van der Waals surface area contributed by atoms with Gasteiger partial charge in [-0.3, -0.25) is 4.79 Å². The number of phenolic OH excluding ortho intramolecular Hbond substituents is 4. The van der Waals surface area contributed by atoms with E-state index >= 15 is 0 Å². The van der Waals surface area contributed by atoms with Crippen molar-refractivity contribution < 1.29 is 30.0 Å². The van der Waals surface area contributed by atoms with Gasteiger partial charge < -0.3 is 25.2 Å². The molecule has 1 heterocycles. The van der Waals surface area contributed by atoms with Crippen molar-refractivity contribution in [2.45, 2.75) is 31.8 Å². The number of carbonyl (C=O) groups is 1. The summed E-state index contributed by atoms with van der Waals surface area (Å²) in [5.41, 5.74) is -0.0204. The fourth-order valence-corrected chi connectivity index (χ4v) is 3.12. The summed E-state index contributed by atoms with van der Waals surface area (Å²) in [6, 6.07) is 5.46. The largest absolute Gasteiger partial charge is 0.507 e. The summed E-state index contributed by atoms with van der Waals surface area (Å²) in [4.78, 5) is 12.7. The van der Waals surface area contributed by atoms with Gasteiger partial charge in [0, 0.05) is 17.0 Å². The third-order valence-electron chi connectivity index (χ3n) is 4.69. The van der Waals surface area contributed by atoms with Crippen LogP contribution in [0.4, 0.5) is 0 Å². The van der Waals surface area contributed by atoms with Gasteiger partial charge in [0.15, 0.2) is 17.3 Å². The summed E-state index contributed by atoms with van der Waals surface area (Å²) in [6.07, 6.45) is 0.812. The standard InChI is InChI=1S/C20H20O6/c1-4-20(2,3)18-14(24)9-16-17(19(18)25)13(23)8-15(26-16)10-5-6-11(21)12(22)7-10/h4-7,9,15,21-22,24-25H,1,8H2,2-3H3/t15-/m0/s1. The van der Waals surface area contributed by atoms with Crippen molar-refractivity contribution in [1.82, 2.24) is 0 Å². The molecule has 136 valence electrons. The van der Waals surface area contributed by atoms with Crippen molar-refractivity contribution in [2.75, 3.05) is 0 Å². The van der Waals surface area contributed by atoms with E-state index in [1.165, 1.54) is 24.3 Å². The number of ether oxygens (including phenoxy) is 1. The van der Waals surface area contributed by atoms with Crippen LogP contribution in [0.3, 0.4) is 0 Å². The van der Waals surface area contributed by atoms with E-state index in [9.17, 15) is 25.2 Å². The Morgan fingerprint density at radius 3 is 2.42 bits per heavy atom. The molecule has 2 aromatic carbocycles. The summed E-state index contributed by atoms with van der Waals surface area (Å²) >= 11 is 0. The Labute approximate surface area is 150 Å². The zero-order valence-corrected chi connectivity index (χ0v) is 14.5. The van der Waals surface area contributed by atoms with Crippen LogP contribution in [0.15, 0.2) is 36.9 Å². The van der Waals surface area contributed by atoms with Gasteiger partial charge in [-0.1, -0.05) is 26.0 Å². The SMILES string of the molecule is C=CC(C)(C)c1c(O)cc2c(c1O)C(=O)C[C@@H](c1ccc(O)c(O)c1)O2. The highest BCUT2D eigenvalue weighted by Crippen LogP contribution is 2.48. The lowest BCUT2D eigenvalue weighted by Crippen LogP contribution is -2.22. The van der Waals surface area contributed by atoms with E-state index in [2.05, 4.69) is 6.58 Å². The lowest BCUT2D eigenvalue weighted by atomic mass is 9.81. The van der Waals surface area contributed by atoms with Gasteiger partial charge in [-0.15, -0.1) is 6.58 Å². The molecule has 2 aromatic rings. The average molecular weight is 356 g/mol. The number of phenols is 4. The van der Waals surface area contributed by atoms with Crippen molar-refractivity contribution >= 4 is 5.78 Å². The molecule has 0 saturated heterocycles. The third-order valence-corrected chi connectivity index (χ3v) is 4.69. The maximum Gasteiger partial charge on any atom is 0.174 e. The molecule has 0 aromatic heterocycles. The van der Waals surface area contributed by atoms with E-state index in [1.807, 2.05) is 0 Å². The molecule has 0 aliphatic carbocycles. The van der Waals surface area contributed by atoms with Gasteiger partial charge in [0.1, 0.15) is 28.9 Å². The first-order chi connectivity index (χ1) is 12.2. The zero-order valence-electron chi connectivity index (χ0n) is 14.5. The Morgan fingerprint density at radius 1 is 1.12 bits per heavy atom. The van der Waals surface area contributed by atoms with Crippen LogP contribution in [0.5, 0.6) is 28.7 Å². The maximum absolute atomic E-state index is 12.7. The molecule has 4 N–H and O–H groups in total. The number of benzene rings is 2. The van der Waals surface area contributed by atoms with Crippen molar-refractivity contribution in [1.29, 1.82) is 0 Å². The first-order valence-electron chi connectivity index (χ1n) is 8.10. The van der Waals surface area contributed by atoms with E-state index < -0.39 is 11.5 Å². The highest BCUT2D eigenvalue weighted by molar-refractivity contribution is 6.03. The van der Waals surface area contributed by atoms with Gasteiger partial charge in [-0.2, -0.15) is 0 Å². The van der Waals surface area contributed by atoms with Crippen molar-refractivity contribution in [3.05, 3.63) is 53.6 Å². The lowest BCUT2D eigenvalue weighted by Gasteiger charge is -2.30. The molecule has 0 bridgehead atoms. The number of allylic oxidation sites excluding steroid dienone is 1. The van der Waals surface area contributed by atoms with Crippen molar-refractivity contribution in [3.63, 3.8) is 0 Å². The van der Waals surface area contributed by atoms with Gasteiger partial charge in [0.25, 0.3) is 0 Å². The molecule has 0 spiro atoms. The molecule has 6 heteroatoms. The topological polar surface area (TPSA) is 107 Å². The minimum absolute atomic E-state index is 0.0203. The Hall–Kier alpha value is -3.15. The highest BCUT2D eigenvalue weighted by Gasteiger charge is 2.36. The minimum atomic E-state index is -0.747. The van der Waals surface area contributed by atoms with Crippen LogP contribution < -0.4 is 4.74 Å². The predicted molar refractivity (Wildman–Crippen MR) is 95.1 cm³/mol. The van der Waals surface area contributed by atoms with Crippen LogP contribution >= 0.6 is 0 Å². The summed E-state index contributed by atoms with van der Waals surface area (Å²) in [5.74, 6) is -1.39. The average Bonchev–Trinajstić information content (AvgIpc) is 2.56. The molecule has 0 amide bonds. The number of Topliss-reactive ketones (excluding diaryl/α,β-unsaturated/α-hetero) is 1. The Morgan fingerprint density at radius 2 is 1.81 bits per heavy atom. The molecule has 6 nitrogen and oxygen atoms in total. The molecule has 26 heavy (non-hydrogen) atoms. The van der Waals surface area contributed by atoms with E-state index in [-0.39, 0.29) is 52.1 Å². The predicted octanol–water partition coefficient (Wildman–Crippen LogP) is 3.68. The van der Waals surface area contributed by atoms with Crippen molar-refractivity contribution in [3.8, 4) is 28.7 Å². The third kappa shape index (κ3) is 2.73. The van der Waals surface area contributed by atoms with Crippen molar-refractivity contribution in [2.24, 2.45) is 0 Å². The molecule has 0 unspecified atom stereocenters. The van der Waals surface area contributed by atoms with Crippen LogP contribution in [0, 0.1) is 0 Å². The summed E-state index contributed by atoms with van der Waals surface area (Å²) < 4.78 is 5.79. The van der Waals surface area contributed by atoms with Crippen LogP contribution in [0.1, 0.15) is 47.9 Å². The molecule has 1 aliphatic rings. The van der Waals surface area contributed by atoms with E-state index in [0.717, 1.165) is 0 Å². The summed E-state index contributed by atoms with van der Waals surface area (Å²) in [6.45, 7) is 7.23. The summed E-state index contributed by atoms with van der Waals surface area (Å²) in [5, 5.41) is 40.0. The zero-order chi connectivity index (χ0) is 19.2. The van der Waals surface area contributed by atoms with Gasteiger partial charge in [-0.25, -0.2) is 0 Å². The molecular formula is C20H20O6. The Bertz CT molecular complexity index is 913. The number of ketones is 1. The number of aromatic hydroxyl groups is 4. The van der Waals surface area contributed by atoms with Gasteiger partial charge >= 0.3 is 0 Å². The fourth-order valence-electron chi connectivity index (χ4n) is 3.12. The molecular weight excluding hydrogens is 336 g/mol. The number of hydrogen-bond donors (Lipinski definition) is 4. The Balaban J connectivity index is 2.08. The number of fused-ring (bicyclic) bond motifs is 1. The van der Waals surface area contributed by atoms with E-state index in [1.54, 1.807) is 19.9 Å². The second kappa shape index (κ2) is 5.98. The van der Waals surface area contributed by atoms with Gasteiger partial charge in [0.2, 0.25) is 0 Å². The molecule has 3 rings (SSSR count). The monoisotopic (exact) mass is 356 g/mol. The van der Waals surface area contributed by atoms with Gasteiger partial charge in [0.05, 0.1) is 6.42 Å². The van der Waals surface area contributed by atoms with E-state index in [4.69, 9.17) is 4.74 Å². The number of carbonyl (C=O) groups excluding carboxylic acids is 1. The van der Waals surface area contributed by atoms with Crippen LogP contribution in [0.25, 0.3) is 0 Å². The molecule has 0 saturated carbocycles. The van der Waals surface area contributed by atoms with Crippen LogP contribution in [-0.2, 0) is 5.41 Å². The quantitative estimate of drug-likeness (QED) is 0.494. The van der Waals surface area contributed by atoms with E-state index in [0.29, 0.717) is 5.56 Å². The molecule has 1 aliphatic heterocycles. The fraction of sp³-hybridized carbons (Fsp3) is 0.250. The molecule has 1 atom stereocenters. The second-order valence-corrected chi connectivity index (χ2v) is 6.90. The molecule has 0 fully saturated rings. The highest BCUT2D eigenvalue weighted by atomic mass is 16.5. The van der Waals surface area contributed by atoms with Crippen LogP contribution in [-0.4, -0.2) is 26.2 Å². The lowest BCUT2D eigenvalue weighted by molar-refractivity contribution is 0.0843. The smallest absolute Gasteiger partial charge is 0.174 e. The number of rotatable bonds is 3. The molecule has 0 radical (unpaired) electrons. The minimum Gasteiger partial charge on any atom is -0.507 e. The van der Waals surface area contributed by atoms with Gasteiger partial charge in [-0.05, 0) is 17.7 Å². The second-order valence-electron chi connectivity index (χ2n) is 6.90. The Kier molecular flexibility index (Phi) is 4.06.